The Morgan fingerprint density at radius 2 is 2.11 bits per heavy atom. The summed E-state index contributed by atoms with van der Waals surface area (Å²) in [6.45, 7) is 10.3. The van der Waals surface area contributed by atoms with Gasteiger partial charge >= 0.3 is 0 Å². The SMILES string of the molecule is C=C(/C=C\C(=C/C)C(=O)Nc1cc(-c2cccs2)ccc1N)CC(C)CC. The molecule has 3 N–H and O–H groups in total. The first-order chi connectivity index (χ1) is 12.9. The van der Waals surface area contributed by atoms with E-state index in [1.807, 2.05) is 54.8 Å². The third-order valence-electron chi connectivity index (χ3n) is 4.49. The quantitative estimate of drug-likeness (QED) is 0.315. The molecule has 1 amide bonds. The third-order valence-corrected chi connectivity index (χ3v) is 5.41. The number of anilines is 2. The summed E-state index contributed by atoms with van der Waals surface area (Å²) < 4.78 is 0. The molecule has 0 aliphatic carbocycles. The Balaban J connectivity index is 2.11. The van der Waals surface area contributed by atoms with Crippen LogP contribution in [0, 0.1) is 5.92 Å². The van der Waals surface area contributed by atoms with E-state index < -0.39 is 0 Å². The number of nitrogens with two attached hydrogens (primary N) is 1. The van der Waals surface area contributed by atoms with E-state index in [9.17, 15) is 4.79 Å². The van der Waals surface area contributed by atoms with Crippen molar-refractivity contribution in [3.8, 4) is 10.4 Å². The second kappa shape index (κ2) is 9.93. The number of thiophene rings is 1. The van der Waals surface area contributed by atoms with Gasteiger partial charge in [-0.3, -0.25) is 4.79 Å². The van der Waals surface area contributed by atoms with Crippen LogP contribution in [0.4, 0.5) is 11.4 Å². The third kappa shape index (κ3) is 5.97. The first-order valence-electron chi connectivity index (χ1n) is 9.21. The van der Waals surface area contributed by atoms with E-state index in [-0.39, 0.29) is 5.91 Å². The summed E-state index contributed by atoms with van der Waals surface area (Å²) in [5, 5.41) is 4.96. The molecule has 0 bridgehead atoms. The zero-order valence-corrected chi connectivity index (χ0v) is 17.1. The van der Waals surface area contributed by atoms with Crippen LogP contribution in [0.5, 0.6) is 0 Å². The molecule has 0 saturated heterocycles. The monoisotopic (exact) mass is 380 g/mol. The van der Waals surface area contributed by atoms with E-state index in [2.05, 4.69) is 25.7 Å². The normalized spacial score (nSPS) is 12.9. The van der Waals surface area contributed by atoms with Crippen molar-refractivity contribution in [1.82, 2.24) is 0 Å². The van der Waals surface area contributed by atoms with Crippen LogP contribution in [0.2, 0.25) is 0 Å². The summed E-state index contributed by atoms with van der Waals surface area (Å²) in [6.07, 6.45) is 7.58. The molecule has 0 saturated carbocycles. The van der Waals surface area contributed by atoms with Crippen molar-refractivity contribution in [2.24, 2.45) is 5.92 Å². The predicted octanol–water partition coefficient (Wildman–Crippen LogP) is 6.43. The van der Waals surface area contributed by atoms with Crippen molar-refractivity contribution >= 4 is 28.6 Å². The van der Waals surface area contributed by atoms with Gasteiger partial charge in [0.2, 0.25) is 0 Å². The lowest BCUT2D eigenvalue weighted by atomic mass is 9.99. The highest BCUT2D eigenvalue weighted by Gasteiger charge is 2.10. The molecule has 3 nitrogen and oxygen atoms in total. The van der Waals surface area contributed by atoms with Crippen LogP contribution in [-0.4, -0.2) is 5.91 Å². The van der Waals surface area contributed by atoms with Crippen molar-refractivity contribution in [3.63, 3.8) is 0 Å². The zero-order chi connectivity index (χ0) is 19.8. The lowest BCUT2D eigenvalue weighted by Gasteiger charge is -2.11. The standard InChI is InChI=1S/C23H28N2OS/c1-5-16(3)14-17(4)9-10-18(6-2)23(26)25-21-15-19(11-12-20(21)24)22-8-7-13-27-22/h6-13,15-16H,4-5,14,24H2,1-3H3,(H,25,26)/b10-9-,18-6+. The Morgan fingerprint density at radius 1 is 1.33 bits per heavy atom. The van der Waals surface area contributed by atoms with Crippen molar-refractivity contribution in [3.05, 3.63) is 71.7 Å². The minimum absolute atomic E-state index is 0.180. The molecule has 0 aliphatic heterocycles. The second-order valence-electron chi connectivity index (χ2n) is 6.69. The van der Waals surface area contributed by atoms with Gasteiger partial charge < -0.3 is 11.1 Å². The molecule has 0 aliphatic rings. The van der Waals surface area contributed by atoms with E-state index >= 15 is 0 Å². The Hall–Kier alpha value is -2.59. The van der Waals surface area contributed by atoms with Gasteiger partial charge in [-0.05, 0) is 54.5 Å². The van der Waals surface area contributed by atoms with Gasteiger partial charge in [0.25, 0.3) is 5.91 Å². The van der Waals surface area contributed by atoms with Gasteiger partial charge in [-0.1, -0.05) is 56.7 Å². The average molecular weight is 381 g/mol. The van der Waals surface area contributed by atoms with Gasteiger partial charge in [0.1, 0.15) is 0 Å². The van der Waals surface area contributed by atoms with Gasteiger partial charge in [-0.2, -0.15) is 0 Å². The van der Waals surface area contributed by atoms with Crippen LogP contribution in [0.25, 0.3) is 10.4 Å². The Labute approximate surface area is 166 Å². The van der Waals surface area contributed by atoms with Crippen LogP contribution >= 0.6 is 11.3 Å². The highest BCUT2D eigenvalue weighted by molar-refractivity contribution is 7.13. The molecule has 2 rings (SSSR count). The van der Waals surface area contributed by atoms with Crippen LogP contribution in [0.1, 0.15) is 33.6 Å². The maximum atomic E-state index is 12.7. The van der Waals surface area contributed by atoms with Gasteiger partial charge in [0.05, 0.1) is 11.4 Å². The number of hydrogen-bond acceptors (Lipinski definition) is 3. The second-order valence-corrected chi connectivity index (χ2v) is 7.63. The van der Waals surface area contributed by atoms with Gasteiger partial charge in [-0.25, -0.2) is 0 Å². The fraction of sp³-hybridized carbons (Fsp3) is 0.261. The molecule has 1 aromatic heterocycles. The molecule has 27 heavy (non-hydrogen) atoms. The number of nitrogens with one attached hydrogen (secondary N) is 1. The Bertz CT molecular complexity index is 847. The van der Waals surface area contributed by atoms with E-state index in [4.69, 9.17) is 5.73 Å². The molecular weight excluding hydrogens is 352 g/mol. The summed E-state index contributed by atoms with van der Waals surface area (Å²) in [5.74, 6) is 0.407. The number of rotatable bonds is 8. The number of allylic oxidation sites excluding steroid dienone is 3. The number of benzene rings is 1. The van der Waals surface area contributed by atoms with Crippen LogP contribution < -0.4 is 11.1 Å². The molecule has 0 fully saturated rings. The molecule has 1 heterocycles. The highest BCUT2D eigenvalue weighted by atomic mass is 32.1. The summed E-state index contributed by atoms with van der Waals surface area (Å²) in [6, 6.07) is 9.75. The molecule has 1 unspecified atom stereocenters. The van der Waals surface area contributed by atoms with Gasteiger partial charge in [0.15, 0.2) is 0 Å². The minimum Gasteiger partial charge on any atom is -0.397 e. The fourth-order valence-corrected chi connectivity index (χ4v) is 3.35. The minimum atomic E-state index is -0.180. The van der Waals surface area contributed by atoms with E-state index in [1.54, 1.807) is 17.4 Å². The van der Waals surface area contributed by atoms with E-state index in [0.29, 0.717) is 22.9 Å². The average Bonchev–Trinajstić information content (AvgIpc) is 3.18. The molecular formula is C23H28N2OS. The maximum absolute atomic E-state index is 12.7. The zero-order valence-electron chi connectivity index (χ0n) is 16.3. The first kappa shape index (κ1) is 20.7. The lowest BCUT2D eigenvalue weighted by Crippen LogP contribution is -2.14. The van der Waals surface area contributed by atoms with Crippen molar-refractivity contribution in [2.45, 2.75) is 33.6 Å². The van der Waals surface area contributed by atoms with Gasteiger partial charge in [-0.15, -0.1) is 11.3 Å². The predicted molar refractivity (Wildman–Crippen MR) is 119 cm³/mol. The topological polar surface area (TPSA) is 55.1 Å². The number of carbonyl (C=O) groups is 1. The molecule has 4 heteroatoms. The number of amides is 1. The smallest absolute Gasteiger partial charge is 0.255 e. The summed E-state index contributed by atoms with van der Waals surface area (Å²) >= 11 is 1.65. The number of hydrogen-bond donors (Lipinski definition) is 2. The largest absolute Gasteiger partial charge is 0.397 e. The summed E-state index contributed by atoms with van der Waals surface area (Å²) in [4.78, 5) is 13.8. The molecule has 0 spiro atoms. The van der Waals surface area contributed by atoms with Crippen molar-refractivity contribution in [2.75, 3.05) is 11.1 Å². The molecule has 1 atom stereocenters. The van der Waals surface area contributed by atoms with Crippen molar-refractivity contribution < 1.29 is 4.79 Å². The fourth-order valence-electron chi connectivity index (χ4n) is 2.63. The van der Waals surface area contributed by atoms with Crippen LogP contribution in [0.15, 0.2) is 71.7 Å². The van der Waals surface area contributed by atoms with E-state index in [1.165, 1.54) is 0 Å². The maximum Gasteiger partial charge on any atom is 0.255 e. The number of carbonyl (C=O) groups excluding carboxylic acids is 1. The molecule has 1 aromatic carbocycles. The molecule has 2 aromatic rings. The van der Waals surface area contributed by atoms with Gasteiger partial charge in [0, 0.05) is 10.5 Å². The Kier molecular flexibility index (Phi) is 7.62. The summed E-state index contributed by atoms with van der Waals surface area (Å²) in [7, 11) is 0. The van der Waals surface area contributed by atoms with Crippen molar-refractivity contribution in [1.29, 1.82) is 0 Å². The number of nitrogen functional groups attached to an aromatic ring is 1. The van der Waals surface area contributed by atoms with E-state index in [0.717, 1.165) is 28.9 Å². The van der Waals surface area contributed by atoms with Crippen LogP contribution in [0.3, 0.4) is 0 Å². The van der Waals surface area contributed by atoms with Crippen LogP contribution in [-0.2, 0) is 4.79 Å². The Morgan fingerprint density at radius 3 is 2.74 bits per heavy atom. The molecule has 142 valence electrons. The highest BCUT2D eigenvalue weighted by Crippen LogP contribution is 2.30. The summed E-state index contributed by atoms with van der Waals surface area (Å²) in [5.41, 5.74) is 9.87. The molecule has 0 radical (unpaired) electrons. The first-order valence-corrected chi connectivity index (χ1v) is 10.1. The lowest BCUT2D eigenvalue weighted by molar-refractivity contribution is -0.112.